The van der Waals surface area contributed by atoms with E-state index in [2.05, 4.69) is 47.0 Å². The van der Waals surface area contributed by atoms with Crippen LogP contribution in [0.2, 0.25) is 0 Å². The maximum Gasteiger partial charge on any atom is 0.134 e. The summed E-state index contributed by atoms with van der Waals surface area (Å²) in [5, 5.41) is 4.23. The number of hydrogen-bond acceptors (Lipinski definition) is 2. The molecule has 0 fully saturated rings. The van der Waals surface area contributed by atoms with Gasteiger partial charge in [-0.2, -0.15) is 0 Å². The van der Waals surface area contributed by atoms with Crippen LogP contribution in [0.4, 0.5) is 4.39 Å². The fraction of sp³-hybridized carbons (Fsp3) is 0.176. The molecule has 1 atom stereocenters. The molecule has 2 nitrogen and oxygen atoms in total. The lowest BCUT2D eigenvalue weighted by Gasteiger charge is -2.17. The van der Waals surface area contributed by atoms with Crippen LogP contribution in [0.3, 0.4) is 0 Å². The quantitative estimate of drug-likeness (QED) is 0.638. The van der Waals surface area contributed by atoms with Crippen molar-refractivity contribution in [2.75, 3.05) is 6.54 Å². The number of hydrogen-bond donors (Lipinski definition) is 1. The van der Waals surface area contributed by atoms with E-state index in [0.717, 1.165) is 17.7 Å². The first kappa shape index (κ1) is 14.5. The van der Waals surface area contributed by atoms with E-state index in [9.17, 15) is 4.39 Å². The SMILES string of the molecule is CCNC(c1cc2cc(F)ccc2o1)c1ccccc1I. The van der Waals surface area contributed by atoms with Gasteiger partial charge in [0.1, 0.15) is 17.2 Å². The summed E-state index contributed by atoms with van der Waals surface area (Å²) >= 11 is 2.32. The number of rotatable bonds is 4. The van der Waals surface area contributed by atoms with Gasteiger partial charge in [0.15, 0.2) is 0 Å². The molecule has 0 saturated heterocycles. The zero-order valence-corrected chi connectivity index (χ0v) is 13.7. The molecule has 2 aromatic carbocycles. The number of nitrogens with one attached hydrogen (secondary N) is 1. The summed E-state index contributed by atoms with van der Waals surface area (Å²) in [5.74, 6) is 0.561. The topological polar surface area (TPSA) is 25.2 Å². The van der Waals surface area contributed by atoms with E-state index >= 15 is 0 Å². The highest BCUT2D eigenvalue weighted by molar-refractivity contribution is 14.1. The Hall–Kier alpha value is -1.40. The molecule has 0 spiro atoms. The van der Waals surface area contributed by atoms with Crippen LogP contribution in [-0.2, 0) is 0 Å². The van der Waals surface area contributed by atoms with Crippen molar-refractivity contribution in [2.24, 2.45) is 0 Å². The van der Waals surface area contributed by atoms with Crippen LogP contribution in [0.5, 0.6) is 0 Å². The predicted molar refractivity (Wildman–Crippen MR) is 90.9 cm³/mol. The molecular weight excluding hydrogens is 380 g/mol. The first-order valence-electron chi connectivity index (χ1n) is 6.86. The molecule has 108 valence electrons. The molecule has 0 aliphatic heterocycles. The van der Waals surface area contributed by atoms with Gasteiger partial charge in [0.25, 0.3) is 0 Å². The third-order valence-electron chi connectivity index (χ3n) is 3.41. The minimum absolute atomic E-state index is 0.0291. The van der Waals surface area contributed by atoms with E-state index in [1.54, 1.807) is 6.07 Å². The number of fused-ring (bicyclic) bond motifs is 1. The minimum Gasteiger partial charge on any atom is -0.459 e. The normalized spacial score (nSPS) is 12.7. The minimum atomic E-state index is -0.246. The Morgan fingerprint density at radius 3 is 2.76 bits per heavy atom. The molecule has 4 heteroatoms. The van der Waals surface area contributed by atoms with E-state index in [-0.39, 0.29) is 11.9 Å². The monoisotopic (exact) mass is 395 g/mol. The molecule has 1 heterocycles. The first-order valence-corrected chi connectivity index (χ1v) is 7.93. The fourth-order valence-electron chi connectivity index (χ4n) is 2.45. The summed E-state index contributed by atoms with van der Waals surface area (Å²) in [7, 11) is 0. The average Bonchev–Trinajstić information content (AvgIpc) is 2.88. The van der Waals surface area contributed by atoms with Gasteiger partial charge in [-0.05, 0) is 65.0 Å². The number of benzene rings is 2. The summed E-state index contributed by atoms with van der Waals surface area (Å²) in [6, 6.07) is 14.7. The molecule has 0 saturated carbocycles. The molecule has 0 aliphatic carbocycles. The van der Waals surface area contributed by atoms with Crippen molar-refractivity contribution in [3.63, 3.8) is 0 Å². The smallest absolute Gasteiger partial charge is 0.134 e. The number of furan rings is 1. The second-order valence-electron chi connectivity index (χ2n) is 4.84. The van der Waals surface area contributed by atoms with Gasteiger partial charge in [-0.3, -0.25) is 0 Å². The van der Waals surface area contributed by atoms with Gasteiger partial charge in [-0.15, -0.1) is 0 Å². The molecule has 1 N–H and O–H groups in total. The molecule has 3 rings (SSSR count). The highest BCUT2D eigenvalue weighted by Gasteiger charge is 2.19. The molecule has 0 radical (unpaired) electrons. The lowest BCUT2D eigenvalue weighted by Crippen LogP contribution is -2.22. The second kappa shape index (κ2) is 6.15. The van der Waals surface area contributed by atoms with Crippen molar-refractivity contribution in [1.82, 2.24) is 5.32 Å². The standard InChI is InChI=1S/C17H15FINO/c1-2-20-17(13-5-3-4-6-14(13)19)16-10-11-9-12(18)7-8-15(11)21-16/h3-10,17,20H,2H2,1H3. The van der Waals surface area contributed by atoms with E-state index in [4.69, 9.17) is 4.42 Å². The van der Waals surface area contributed by atoms with Gasteiger partial charge < -0.3 is 9.73 Å². The van der Waals surface area contributed by atoms with Gasteiger partial charge in [-0.25, -0.2) is 4.39 Å². The van der Waals surface area contributed by atoms with Gasteiger partial charge >= 0.3 is 0 Å². The third-order valence-corrected chi connectivity index (χ3v) is 4.39. The molecule has 0 bridgehead atoms. The second-order valence-corrected chi connectivity index (χ2v) is 6.01. The van der Waals surface area contributed by atoms with Crippen LogP contribution in [-0.4, -0.2) is 6.54 Å². The summed E-state index contributed by atoms with van der Waals surface area (Å²) < 4.78 is 20.4. The van der Waals surface area contributed by atoms with Gasteiger partial charge in [0.2, 0.25) is 0 Å². The Morgan fingerprint density at radius 2 is 2.00 bits per heavy atom. The van der Waals surface area contributed by atoms with E-state index < -0.39 is 0 Å². The molecule has 1 aromatic heterocycles. The lowest BCUT2D eigenvalue weighted by atomic mass is 10.0. The van der Waals surface area contributed by atoms with Crippen molar-refractivity contribution < 1.29 is 8.81 Å². The lowest BCUT2D eigenvalue weighted by molar-refractivity contribution is 0.476. The van der Waals surface area contributed by atoms with Crippen LogP contribution in [0.15, 0.2) is 52.9 Å². The maximum atomic E-state index is 13.3. The zero-order valence-electron chi connectivity index (χ0n) is 11.6. The Labute approximate surface area is 136 Å². The molecule has 1 unspecified atom stereocenters. The van der Waals surface area contributed by atoms with Crippen LogP contribution >= 0.6 is 22.6 Å². The van der Waals surface area contributed by atoms with Crippen LogP contribution < -0.4 is 5.32 Å². The van der Waals surface area contributed by atoms with Crippen LogP contribution in [0.1, 0.15) is 24.3 Å². The summed E-state index contributed by atoms with van der Waals surface area (Å²) in [5.41, 5.74) is 1.87. The zero-order chi connectivity index (χ0) is 14.8. The van der Waals surface area contributed by atoms with Crippen LogP contribution in [0.25, 0.3) is 11.0 Å². The van der Waals surface area contributed by atoms with Gasteiger partial charge in [0, 0.05) is 8.96 Å². The van der Waals surface area contributed by atoms with Gasteiger partial charge in [0.05, 0.1) is 6.04 Å². The third kappa shape index (κ3) is 2.96. The predicted octanol–water partition coefficient (Wildman–Crippen LogP) is 4.88. The largest absolute Gasteiger partial charge is 0.459 e. The van der Waals surface area contributed by atoms with Crippen molar-refractivity contribution >= 4 is 33.6 Å². The summed E-state index contributed by atoms with van der Waals surface area (Å²) in [6.45, 7) is 2.88. The molecule has 0 amide bonds. The van der Waals surface area contributed by atoms with Crippen molar-refractivity contribution in [1.29, 1.82) is 0 Å². The molecule has 0 aliphatic rings. The number of halogens is 2. The first-order chi connectivity index (χ1) is 10.2. The van der Waals surface area contributed by atoms with Crippen molar-refractivity contribution in [2.45, 2.75) is 13.0 Å². The summed E-state index contributed by atoms with van der Waals surface area (Å²) in [6.07, 6.45) is 0. The van der Waals surface area contributed by atoms with Crippen molar-refractivity contribution in [3.05, 3.63) is 69.2 Å². The van der Waals surface area contributed by atoms with E-state index in [0.29, 0.717) is 5.58 Å². The van der Waals surface area contributed by atoms with Crippen molar-refractivity contribution in [3.8, 4) is 0 Å². The molecular formula is C17H15FINO. The van der Waals surface area contributed by atoms with E-state index in [1.807, 2.05) is 18.2 Å². The fourth-order valence-corrected chi connectivity index (χ4v) is 3.15. The Bertz CT molecular complexity index is 768. The highest BCUT2D eigenvalue weighted by Crippen LogP contribution is 2.30. The average molecular weight is 395 g/mol. The van der Waals surface area contributed by atoms with E-state index in [1.165, 1.54) is 21.3 Å². The van der Waals surface area contributed by atoms with Crippen LogP contribution in [0, 0.1) is 9.39 Å². The highest BCUT2D eigenvalue weighted by atomic mass is 127. The Morgan fingerprint density at radius 1 is 1.19 bits per heavy atom. The molecule has 3 aromatic rings. The maximum absolute atomic E-state index is 13.3. The molecule has 21 heavy (non-hydrogen) atoms. The Balaban J connectivity index is 2.09. The summed E-state index contributed by atoms with van der Waals surface area (Å²) in [4.78, 5) is 0. The Kier molecular flexibility index (Phi) is 4.26. The van der Waals surface area contributed by atoms with Gasteiger partial charge in [-0.1, -0.05) is 25.1 Å².